The Bertz CT molecular complexity index is 558. The van der Waals surface area contributed by atoms with E-state index < -0.39 is 0 Å². The maximum Gasteiger partial charge on any atom is 0.224 e. The molecule has 1 fully saturated rings. The zero-order valence-electron chi connectivity index (χ0n) is 10.1. The fourth-order valence-electron chi connectivity index (χ4n) is 2.43. The Balaban J connectivity index is 1.70. The van der Waals surface area contributed by atoms with Gasteiger partial charge in [-0.15, -0.1) is 11.3 Å². The molecule has 1 unspecified atom stereocenters. The highest BCUT2D eigenvalue weighted by Gasteiger charge is 2.18. The SMILES string of the molecule is O=C(CC1CCNC1)Nc1csc2ccccc12. The molecule has 1 aromatic carbocycles. The number of rotatable bonds is 3. The Kier molecular flexibility index (Phi) is 3.30. The van der Waals surface area contributed by atoms with Crippen LogP contribution in [0.2, 0.25) is 0 Å². The first-order valence-corrected chi connectivity index (χ1v) is 7.18. The molecule has 3 nitrogen and oxygen atoms in total. The third-order valence-electron chi connectivity index (χ3n) is 3.39. The predicted molar refractivity (Wildman–Crippen MR) is 76.0 cm³/mol. The van der Waals surface area contributed by atoms with Gasteiger partial charge in [0.1, 0.15) is 0 Å². The normalized spacial score (nSPS) is 19.2. The molecule has 4 heteroatoms. The fraction of sp³-hybridized carbons (Fsp3) is 0.357. The van der Waals surface area contributed by atoms with Crippen molar-refractivity contribution in [1.82, 2.24) is 5.32 Å². The van der Waals surface area contributed by atoms with Gasteiger partial charge in [-0.2, -0.15) is 0 Å². The van der Waals surface area contributed by atoms with Crippen molar-refractivity contribution >= 4 is 33.0 Å². The van der Waals surface area contributed by atoms with Crippen LogP contribution in [0.25, 0.3) is 10.1 Å². The van der Waals surface area contributed by atoms with Crippen LogP contribution in [0.15, 0.2) is 29.6 Å². The van der Waals surface area contributed by atoms with E-state index in [0.29, 0.717) is 12.3 Å². The molecule has 0 spiro atoms. The summed E-state index contributed by atoms with van der Waals surface area (Å²) < 4.78 is 1.22. The lowest BCUT2D eigenvalue weighted by atomic mass is 10.0. The molecule has 2 heterocycles. The summed E-state index contributed by atoms with van der Waals surface area (Å²) in [6, 6.07) is 8.16. The van der Waals surface area contributed by atoms with E-state index in [1.807, 2.05) is 17.5 Å². The van der Waals surface area contributed by atoms with Gasteiger partial charge in [0.25, 0.3) is 0 Å². The van der Waals surface area contributed by atoms with Gasteiger partial charge in [-0.3, -0.25) is 4.79 Å². The number of benzene rings is 1. The van der Waals surface area contributed by atoms with Crippen molar-refractivity contribution in [2.24, 2.45) is 5.92 Å². The van der Waals surface area contributed by atoms with E-state index >= 15 is 0 Å². The number of carbonyl (C=O) groups excluding carboxylic acids is 1. The summed E-state index contributed by atoms with van der Waals surface area (Å²) in [6.45, 7) is 2.01. The standard InChI is InChI=1S/C14H16N2OS/c17-14(7-10-5-6-15-8-10)16-12-9-18-13-4-2-1-3-11(12)13/h1-4,9-10,15H,5-8H2,(H,16,17). The minimum atomic E-state index is 0.132. The Morgan fingerprint density at radius 3 is 3.17 bits per heavy atom. The minimum absolute atomic E-state index is 0.132. The Morgan fingerprint density at radius 1 is 1.44 bits per heavy atom. The van der Waals surface area contributed by atoms with E-state index in [9.17, 15) is 4.79 Å². The molecule has 1 aromatic heterocycles. The average Bonchev–Trinajstić information content (AvgIpc) is 3.00. The second-order valence-corrected chi connectivity index (χ2v) is 5.67. The predicted octanol–water partition coefficient (Wildman–Crippen LogP) is 2.84. The van der Waals surface area contributed by atoms with Crippen molar-refractivity contribution in [3.63, 3.8) is 0 Å². The lowest BCUT2D eigenvalue weighted by Gasteiger charge is -2.08. The summed E-state index contributed by atoms with van der Waals surface area (Å²) in [5.74, 6) is 0.627. The van der Waals surface area contributed by atoms with E-state index in [-0.39, 0.29) is 5.91 Å². The molecular formula is C14H16N2OS. The summed E-state index contributed by atoms with van der Waals surface area (Å²) in [5, 5.41) is 9.49. The third kappa shape index (κ3) is 2.40. The number of anilines is 1. The first kappa shape index (κ1) is 11.7. The number of hydrogen-bond acceptors (Lipinski definition) is 3. The number of thiophene rings is 1. The summed E-state index contributed by atoms with van der Waals surface area (Å²) in [6.07, 6.45) is 1.73. The molecule has 0 bridgehead atoms. The molecule has 1 aliphatic heterocycles. The van der Waals surface area contributed by atoms with Crippen molar-refractivity contribution in [2.45, 2.75) is 12.8 Å². The highest BCUT2D eigenvalue weighted by atomic mass is 32.1. The summed E-state index contributed by atoms with van der Waals surface area (Å²) in [5.41, 5.74) is 0.951. The quantitative estimate of drug-likeness (QED) is 0.891. The van der Waals surface area contributed by atoms with Crippen LogP contribution in [0.4, 0.5) is 5.69 Å². The van der Waals surface area contributed by atoms with Gasteiger partial charge in [-0.1, -0.05) is 18.2 Å². The van der Waals surface area contributed by atoms with Crippen LogP contribution in [0, 0.1) is 5.92 Å². The second kappa shape index (κ2) is 5.08. The topological polar surface area (TPSA) is 41.1 Å². The highest BCUT2D eigenvalue weighted by molar-refractivity contribution is 7.17. The average molecular weight is 260 g/mol. The number of amides is 1. The smallest absolute Gasteiger partial charge is 0.224 e. The molecule has 1 amide bonds. The zero-order valence-corrected chi connectivity index (χ0v) is 10.9. The van der Waals surface area contributed by atoms with Crippen molar-refractivity contribution in [2.75, 3.05) is 18.4 Å². The Hall–Kier alpha value is -1.39. The van der Waals surface area contributed by atoms with Gasteiger partial charge < -0.3 is 10.6 Å². The lowest BCUT2D eigenvalue weighted by Crippen LogP contribution is -2.18. The molecule has 0 aliphatic carbocycles. The number of carbonyl (C=O) groups is 1. The molecular weight excluding hydrogens is 244 g/mol. The van der Waals surface area contributed by atoms with E-state index in [2.05, 4.69) is 22.8 Å². The van der Waals surface area contributed by atoms with Crippen LogP contribution in [0.1, 0.15) is 12.8 Å². The summed E-state index contributed by atoms with van der Waals surface area (Å²) in [7, 11) is 0. The van der Waals surface area contributed by atoms with E-state index in [1.165, 1.54) is 4.70 Å². The maximum atomic E-state index is 12.0. The highest BCUT2D eigenvalue weighted by Crippen LogP contribution is 2.30. The summed E-state index contributed by atoms with van der Waals surface area (Å²) >= 11 is 1.67. The molecule has 18 heavy (non-hydrogen) atoms. The number of nitrogens with one attached hydrogen (secondary N) is 2. The van der Waals surface area contributed by atoms with Crippen LogP contribution in [0.5, 0.6) is 0 Å². The molecule has 0 radical (unpaired) electrons. The first-order chi connectivity index (χ1) is 8.83. The Morgan fingerprint density at radius 2 is 2.33 bits per heavy atom. The largest absolute Gasteiger partial charge is 0.325 e. The third-order valence-corrected chi connectivity index (χ3v) is 4.35. The van der Waals surface area contributed by atoms with Crippen LogP contribution in [-0.4, -0.2) is 19.0 Å². The van der Waals surface area contributed by atoms with Gasteiger partial charge in [-0.25, -0.2) is 0 Å². The molecule has 1 saturated heterocycles. The molecule has 1 atom stereocenters. The van der Waals surface area contributed by atoms with Crippen LogP contribution >= 0.6 is 11.3 Å². The first-order valence-electron chi connectivity index (χ1n) is 6.30. The van der Waals surface area contributed by atoms with Crippen molar-refractivity contribution in [3.8, 4) is 0 Å². The van der Waals surface area contributed by atoms with Crippen LogP contribution < -0.4 is 10.6 Å². The second-order valence-electron chi connectivity index (χ2n) is 4.76. The zero-order chi connectivity index (χ0) is 12.4. The number of hydrogen-bond donors (Lipinski definition) is 2. The van der Waals surface area contributed by atoms with Gasteiger partial charge in [0.15, 0.2) is 0 Å². The van der Waals surface area contributed by atoms with Crippen LogP contribution in [-0.2, 0) is 4.79 Å². The van der Waals surface area contributed by atoms with Gasteiger partial charge in [0, 0.05) is 21.9 Å². The minimum Gasteiger partial charge on any atom is -0.325 e. The van der Waals surface area contributed by atoms with E-state index in [1.54, 1.807) is 11.3 Å². The van der Waals surface area contributed by atoms with Crippen molar-refractivity contribution < 1.29 is 4.79 Å². The van der Waals surface area contributed by atoms with Crippen molar-refractivity contribution in [3.05, 3.63) is 29.6 Å². The van der Waals surface area contributed by atoms with Gasteiger partial charge in [0.05, 0.1) is 5.69 Å². The number of fused-ring (bicyclic) bond motifs is 1. The van der Waals surface area contributed by atoms with Crippen molar-refractivity contribution in [1.29, 1.82) is 0 Å². The molecule has 2 aromatic rings. The molecule has 3 rings (SSSR count). The summed E-state index contributed by atoms with van der Waals surface area (Å²) in [4.78, 5) is 12.0. The van der Waals surface area contributed by atoms with Gasteiger partial charge in [0.2, 0.25) is 5.91 Å². The van der Waals surface area contributed by atoms with E-state index in [0.717, 1.165) is 30.6 Å². The van der Waals surface area contributed by atoms with Crippen LogP contribution in [0.3, 0.4) is 0 Å². The lowest BCUT2D eigenvalue weighted by molar-refractivity contribution is -0.116. The monoisotopic (exact) mass is 260 g/mol. The maximum absolute atomic E-state index is 12.0. The van der Waals surface area contributed by atoms with Gasteiger partial charge >= 0.3 is 0 Å². The molecule has 1 aliphatic rings. The molecule has 94 valence electrons. The molecule has 2 N–H and O–H groups in total. The fourth-order valence-corrected chi connectivity index (χ4v) is 3.32. The molecule has 0 saturated carbocycles. The van der Waals surface area contributed by atoms with E-state index in [4.69, 9.17) is 0 Å². The van der Waals surface area contributed by atoms with Gasteiger partial charge in [-0.05, 0) is 31.5 Å². The Labute approximate surface area is 110 Å².